The Morgan fingerprint density at radius 1 is 1.39 bits per heavy atom. The maximum absolute atomic E-state index is 11.3. The Labute approximate surface area is 107 Å². The van der Waals surface area contributed by atoms with Crippen LogP contribution in [0.25, 0.3) is 0 Å². The Bertz CT molecular complexity index is 431. The molecule has 1 aromatic rings. The highest BCUT2D eigenvalue weighted by atomic mass is 16.4. The minimum Gasteiger partial charge on any atom is -0.481 e. The zero-order chi connectivity index (χ0) is 12.5. The van der Waals surface area contributed by atoms with Crippen LogP contribution in [0.4, 0.5) is 0 Å². The van der Waals surface area contributed by atoms with Gasteiger partial charge in [-0.25, -0.2) is 0 Å². The first-order chi connectivity index (χ1) is 8.74. The molecule has 0 spiro atoms. The molecular weight excluding hydrogens is 228 g/mol. The fraction of sp³-hybridized carbons (Fsp3) is 0.571. The minimum atomic E-state index is -0.629. The lowest BCUT2D eigenvalue weighted by molar-refractivity contribution is -0.142. The van der Waals surface area contributed by atoms with Crippen LogP contribution in [-0.4, -0.2) is 34.0 Å². The fourth-order valence-corrected chi connectivity index (χ4v) is 3.03. The summed E-state index contributed by atoms with van der Waals surface area (Å²) < 4.78 is 0. The maximum atomic E-state index is 11.3. The van der Waals surface area contributed by atoms with Crippen LogP contribution in [0.2, 0.25) is 0 Å². The van der Waals surface area contributed by atoms with Gasteiger partial charge in [0.15, 0.2) is 0 Å². The Kier molecular flexibility index (Phi) is 3.04. The molecule has 3 rings (SSSR count). The second-order valence-corrected chi connectivity index (χ2v) is 5.46. The van der Waals surface area contributed by atoms with Gasteiger partial charge in [0, 0.05) is 25.8 Å². The van der Waals surface area contributed by atoms with Gasteiger partial charge < -0.3 is 5.11 Å². The maximum Gasteiger partial charge on any atom is 0.308 e. The Hall–Kier alpha value is -1.42. The molecule has 2 aliphatic rings. The summed E-state index contributed by atoms with van der Waals surface area (Å²) in [5, 5.41) is 9.30. The van der Waals surface area contributed by atoms with Gasteiger partial charge in [0.25, 0.3) is 0 Å². The van der Waals surface area contributed by atoms with E-state index >= 15 is 0 Å². The number of carbonyl (C=O) groups is 1. The molecule has 1 saturated carbocycles. The minimum absolute atomic E-state index is 0.179. The van der Waals surface area contributed by atoms with E-state index in [9.17, 15) is 9.90 Å². The van der Waals surface area contributed by atoms with E-state index in [1.165, 1.54) is 12.8 Å². The van der Waals surface area contributed by atoms with Crippen LogP contribution < -0.4 is 0 Å². The van der Waals surface area contributed by atoms with Gasteiger partial charge in [-0.05, 0) is 36.8 Å². The zero-order valence-electron chi connectivity index (χ0n) is 10.3. The lowest BCUT2D eigenvalue weighted by atomic mass is 9.92. The van der Waals surface area contributed by atoms with Crippen molar-refractivity contribution in [3.8, 4) is 0 Å². The molecule has 1 saturated heterocycles. The van der Waals surface area contributed by atoms with E-state index in [1.54, 1.807) is 6.20 Å². The summed E-state index contributed by atoms with van der Waals surface area (Å²) in [6.45, 7) is 2.36. The number of likely N-dealkylation sites (tertiary alicyclic amines) is 1. The van der Waals surface area contributed by atoms with Crippen molar-refractivity contribution >= 4 is 5.97 Å². The van der Waals surface area contributed by atoms with Crippen molar-refractivity contribution in [3.63, 3.8) is 0 Å². The molecule has 0 amide bonds. The Morgan fingerprint density at radius 2 is 2.22 bits per heavy atom. The molecule has 2 atom stereocenters. The van der Waals surface area contributed by atoms with Crippen molar-refractivity contribution in [2.24, 2.45) is 17.8 Å². The van der Waals surface area contributed by atoms with E-state index in [0.29, 0.717) is 18.4 Å². The van der Waals surface area contributed by atoms with Crippen molar-refractivity contribution in [2.45, 2.75) is 19.4 Å². The summed E-state index contributed by atoms with van der Waals surface area (Å²) in [7, 11) is 0. The first kappa shape index (κ1) is 11.7. The third-order valence-corrected chi connectivity index (χ3v) is 4.10. The van der Waals surface area contributed by atoms with Crippen LogP contribution >= 0.6 is 0 Å². The van der Waals surface area contributed by atoms with Gasteiger partial charge in [-0.15, -0.1) is 0 Å². The van der Waals surface area contributed by atoms with Crippen molar-refractivity contribution in [2.75, 3.05) is 13.1 Å². The number of hydrogen-bond acceptors (Lipinski definition) is 3. The SMILES string of the molecule is O=C(O)C1CN(Cc2ccccn2)CC1C1CC1. The number of pyridine rings is 1. The number of hydrogen-bond donors (Lipinski definition) is 1. The van der Waals surface area contributed by atoms with E-state index in [4.69, 9.17) is 0 Å². The summed E-state index contributed by atoms with van der Waals surface area (Å²) >= 11 is 0. The largest absolute Gasteiger partial charge is 0.481 e. The number of aromatic nitrogens is 1. The predicted octanol–water partition coefficient (Wildman–Crippen LogP) is 1.62. The van der Waals surface area contributed by atoms with Crippen LogP contribution in [0.5, 0.6) is 0 Å². The van der Waals surface area contributed by atoms with Gasteiger partial charge in [0.05, 0.1) is 11.6 Å². The second kappa shape index (κ2) is 4.69. The highest BCUT2D eigenvalue weighted by Gasteiger charge is 2.45. The molecule has 2 fully saturated rings. The molecule has 0 radical (unpaired) electrons. The number of carboxylic acid groups (broad SMARTS) is 1. The number of rotatable bonds is 4. The number of aliphatic carboxylic acids is 1. The van der Waals surface area contributed by atoms with E-state index in [1.807, 2.05) is 18.2 Å². The quantitative estimate of drug-likeness (QED) is 0.877. The lowest BCUT2D eigenvalue weighted by Crippen LogP contribution is -2.24. The van der Waals surface area contributed by atoms with Crippen LogP contribution in [-0.2, 0) is 11.3 Å². The molecule has 1 N–H and O–H groups in total. The normalized spacial score (nSPS) is 28.4. The van der Waals surface area contributed by atoms with Crippen molar-refractivity contribution in [1.82, 2.24) is 9.88 Å². The monoisotopic (exact) mass is 246 g/mol. The molecule has 2 heterocycles. The summed E-state index contributed by atoms with van der Waals surface area (Å²) in [5.74, 6) is 0.197. The number of nitrogens with zero attached hydrogens (tertiary/aromatic N) is 2. The molecule has 2 unspecified atom stereocenters. The first-order valence-electron chi connectivity index (χ1n) is 6.59. The summed E-state index contributed by atoms with van der Waals surface area (Å²) in [5.41, 5.74) is 1.03. The van der Waals surface area contributed by atoms with E-state index in [-0.39, 0.29) is 5.92 Å². The second-order valence-electron chi connectivity index (χ2n) is 5.46. The molecule has 0 bridgehead atoms. The van der Waals surface area contributed by atoms with Crippen molar-refractivity contribution < 1.29 is 9.90 Å². The third kappa shape index (κ3) is 2.38. The molecule has 4 heteroatoms. The third-order valence-electron chi connectivity index (χ3n) is 4.10. The van der Waals surface area contributed by atoms with Crippen molar-refractivity contribution in [3.05, 3.63) is 30.1 Å². The predicted molar refractivity (Wildman–Crippen MR) is 66.9 cm³/mol. The molecule has 1 aromatic heterocycles. The highest BCUT2D eigenvalue weighted by molar-refractivity contribution is 5.71. The smallest absolute Gasteiger partial charge is 0.308 e. The van der Waals surface area contributed by atoms with Gasteiger partial charge in [-0.2, -0.15) is 0 Å². The van der Waals surface area contributed by atoms with E-state index in [2.05, 4.69) is 9.88 Å². The Morgan fingerprint density at radius 3 is 2.83 bits per heavy atom. The fourth-order valence-electron chi connectivity index (χ4n) is 3.03. The van der Waals surface area contributed by atoms with E-state index in [0.717, 1.165) is 18.8 Å². The summed E-state index contributed by atoms with van der Waals surface area (Å²) in [6, 6.07) is 5.88. The van der Waals surface area contributed by atoms with Crippen LogP contribution in [0.1, 0.15) is 18.5 Å². The molecule has 1 aliphatic carbocycles. The molecule has 0 aromatic carbocycles. The van der Waals surface area contributed by atoms with Crippen molar-refractivity contribution in [1.29, 1.82) is 0 Å². The van der Waals surface area contributed by atoms with Crippen LogP contribution in [0.15, 0.2) is 24.4 Å². The Balaban J connectivity index is 1.66. The summed E-state index contributed by atoms with van der Waals surface area (Å²) in [6.07, 6.45) is 4.22. The van der Waals surface area contributed by atoms with Gasteiger partial charge in [-0.3, -0.25) is 14.7 Å². The van der Waals surface area contributed by atoms with Gasteiger partial charge in [0.1, 0.15) is 0 Å². The molecule has 1 aliphatic heterocycles. The standard InChI is InChI=1S/C14H18N2O2/c17-14(18)13-9-16(8-12(13)10-4-5-10)7-11-3-1-2-6-15-11/h1-3,6,10,12-13H,4-5,7-9H2,(H,17,18). The average Bonchev–Trinajstić information content (AvgIpc) is 3.12. The molecule has 96 valence electrons. The van der Waals surface area contributed by atoms with Crippen LogP contribution in [0, 0.1) is 17.8 Å². The topological polar surface area (TPSA) is 53.4 Å². The first-order valence-corrected chi connectivity index (χ1v) is 6.59. The highest BCUT2D eigenvalue weighted by Crippen LogP contribution is 2.44. The molecule has 4 nitrogen and oxygen atoms in total. The molecular formula is C14H18N2O2. The number of carboxylic acids is 1. The van der Waals surface area contributed by atoms with Gasteiger partial charge in [0.2, 0.25) is 0 Å². The van der Waals surface area contributed by atoms with E-state index < -0.39 is 5.97 Å². The summed E-state index contributed by atoms with van der Waals surface area (Å²) in [4.78, 5) is 17.8. The zero-order valence-corrected chi connectivity index (χ0v) is 10.3. The lowest BCUT2D eigenvalue weighted by Gasteiger charge is -2.14. The van der Waals surface area contributed by atoms with Gasteiger partial charge >= 0.3 is 5.97 Å². The molecule has 18 heavy (non-hydrogen) atoms. The van der Waals surface area contributed by atoms with Gasteiger partial charge in [-0.1, -0.05) is 6.07 Å². The van der Waals surface area contributed by atoms with Crippen LogP contribution in [0.3, 0.4) is 0 Å². The average molecular weight is 246 g/mol.